The maximum Gasteiger partial charge on any atom is 0.124 e. The molecule has 0 aliphatic heterocycles. The van der Waals surface area contributed by atoms with Crippen LogP contribution in [0.5, 0.6) is 5.75 Å². The predicted octanol–water partition coefficient (Wildman–Crippen LogP) is 4.33. The molecule has 0 aliphatic rings. The van der Waals surface area contributed by atoms with Crippen molar-refractivity contribution in [3.8, 4) is 5.75 Å². The van der Waals surface area contributed by atoms with Crippen LogP contribution < -0.4 is 4.74 Å². The SMILES string of the molecule is COc1ccc(CC(O)c2cc3ccc(F)cc3s2)cc1. The molecule has 3 aromatic rings. The third-order valence-electron chi connectivity index (χ3n) is 3.42. The molecule has 0 aliphatic carbocycles. The van der Waals surface area contributed by atoms with Crippen LogP contribution in [-0.4, -0.2) is 12.2 Å². The van der Waals surface area contributed by atoms with Crippen LogP contribution in [0.4, 0.5) is 4.39 Å². The highest BCUT2D eigenvalue weighted by Gasteiger charge is 2.13. The summed E-state index contributed by atoms with van der Waals surface area (Å²) < 4.78 is 19.2. The predicted molar refractivity (Wildman–Crippen MR) is 83.4 cm³/mol. The van der Waals surface area contributed by atoms with Gasteiger partial charge in [-0.1, -0.05) is 18.2 Å². The lowest BCUT2D eigenvalue weighted by Crippen LogP contribution is -1.99. The number of hydrogen-bond acceptors (Lipinski definition) is 3. The van der Waals surface area contributed by atoms with E-state index in [1.807, 2.05) is 30.3 Å². The summed E-state index contributed by atoms with van der Waals surface area (Å²) in [7, 11) is 1.63. The zero-order valence-electron chi connectivity index (χ0n) is 11.5. The molecule has 0 bridgehead atoms. The van der Waals surface area contributed by atoms with Gasteiger partial charge in [-0.05, 0) is 41.3 Å². The van der Waals surface area contributed by atoms with Crippen LogP contribution in [0, 0.1) is 5.82 Å². The van der Waals surface area contributed by atoms with Crippen LogP contribution in [0.2, 0.25) is 0 Å². The molecule has 3 rings (SSSR count). The molecule has 0 saturated heterocycles. The number of hydrogen-bond donors (Lipinski definition) is 1. The van der Waals surface area contributed by atoms with Crippen molar-refractivity contribution < 1.29 is 14.2 Å². The van der Waals surface area contributed by atoms with Crippen LogP contribution in [0.3, 0.4) is 0 Å². The minimum Gasteiger partial charge on any atom is -0.497 e. The van der Waals surface area contributed by atoms with Crippen molar-refractivity contribution in [2.45, 2.75) is 12.5 Å². The van der Waals surface area contributed by atoms with Gasteiger partial charge in [0.2, 0.25) is 0 Å². The van der Waals surface area contributed by atoms with Gasteiger partial charge in [0, 0.05) is 16.0 Å². The van der Waals surface area contributed by atoms with E-state index in [-0.39, 0.29) is 5.82 Å². The van der Waals surface area contributed by atoms with Gasteiger partial charge in [0.15, 0.2) is 0 Å². The first kappa shape index (κ1) is 14.0. The van der Waals surface area contributed by atoms with E-state index in [1.54, 1.807) is 13.2 Å². The number of aliphatic hydroxyl groups is 1. The molecule has 0 radical (unpaired) electrons. The molecule has 1 atom stereocenters. The summed E-state index contributed by atoms with van der Waals surface area (Å²) in [5.41, 5.74) is 1.03. The molecule has 4 heteroatoms. The molecule has 2 aromatic carbocycles. The highest BCUT2D eigenvalue weighted by atomic mass is 32.1. The molecule has 0 amide bonds. The number of fused-ring (bicyclic) bond motifs is 1. The fourth-order valence-electron chi connectivity index (χ4n) is 2.28. The van der Waals surface area contributed by atoms with Crippen LogP contribution in [0.25, 0.3) is 10.1 Å². The maximum atomic E-state index is 13.2. The van der Waals surface area contributed by atoms with Crippen LogP contribution >= 0.6 is 11.3 Å². The summed E-state index contributed by atoms with van der Waals surface area (Å²) >= 11 is 1.43. The topological polar surface area (TPSA) is 29.5 Å². The lowest BCUT2D eigenvalue weighted by Gasteiger charge is -2.09. The second kappa shape index (κ2) is 5.84. The van der Waals surface area contributed by atoms with E-state index in [4.69, 9.17) is 4.74 Å². The molecule has 1 heterocycles. The largest absolute Gasteiger partial charge is 0.497 e. The van der Waals surface area contributed by atoms with Crippen molar-refractivity contribution in [3.63, 3.8) is 0 Å². The number of aliphatic hydroxyl groups excluding tert-OH is 1. The van der Waals surface area contributed by atoms with Crippen LogP contribution in [0.15, 0.2) is 48.5 Å². The summed E-state index contributed by atoms with van der Waals surface area (Å²) in [6.07, 6.45) is -0.0573. The van der Waals surface area contributed by atoms with Gasteiger partial charge in [0.1, 0.15) is 11.6 Å². The zero-order chi connectivity index (χ0) is 14.8. The Kier molecular flexibility index (Phi) is 3.90. The summed E-state index contributed by atoms with van der Waals surface area (Å²) in [4.78, 5) is 0.853. The molecule has 21 heavy (non-hydrogen) atoms. The maximum absolute atomic E-state index is 13.2. The Bertz CT molecular complexity index is 749. The average Bonchev–Trinajstić information content (AvgIpc) is 2.91. The molecular weight excluding hydrogens is 287 g/mol. The van der Waals surface area contributed by atoms with Gasteiger partial charge in [0.05, 0.1) is 13.2 Å². The van der Waals surface area contributed by atoms with Gasteiger partial charge in [0.25, 0.3) is 0 Å². The van der Waals surface area contributed by atoms with Crippen molar-refractivity contribution >= 4 is 21.4 Å². The molecule has 108 valence electrons. The fraction of sp³-hybridized carbons (Fsp3) is 0.176. The molecule has 2 nitrogen and oxygen atoms in total. The Balaban J connectivity index is 1.80. The number of ether oxygens (including phenoxy) is 1. The first-order chi connectivity index (χ1) is 10.2. The summed E-state index contributed by atoms with van der Waals surface area (Å²) in [5, 5.41) is 11.3. The van der Waals surface area contributed by atoms with Gasteiger partial charge in [-0.3, -0.25) is 0 Å². The normalized spacial score (nSPS) is 12.5. The number of thiophene rings is 1. The monoisotopic (exact) mass is 302 g/mol. The Hall–Kier alpha value is -1.91. The number of benzene rings is 2. The third kappa shape index (κ3) is 3.06. The third-order valence-corrected chi connectivity index (χ3v) is 4.62. The quantitative estimate of drug-likeness (QED) is 0.777. The highest BCUT2D eigenvalue weighted by Crippen LogP contribution is 2.32. The Morgan fingerprint density at radius 2 is 1.90 bits per heavy atom. The van der Waals surface area contributed by atoms with Crippen molar-refractivity contribution in [1.29, 1.82) is 0 Å². The van der Waals surface area contributed by atoms with E-state index in [1.165, 1.54) is 23.5 Å². The standard InChI is InChI=1S/C17H15FO2S/c1-20-14-6-2-11(3-7-14)8-15(19)17-9-12-4-5-13(18)10-16(12)21-17/h2-7,9-10,15,19H,8H2,1H3. The van der Waals surface area contributed by atoms with E-state index >= 15 is 0 Å². The Morgan fingerprint density at radius 1 is 1.14 bits per heavy atom. The Labute approximate surface area is 126 Å². The van der Waals surface area contributed by atoms with E-state index in [0.29, 0.717) is 6.42 Å². The minimum atomic E-state index is -0.584. The van der Waals surface area contributed by atoms with Gasteiger partial charge in [-0.15, -0.1) is 11.3 Å². The van der Waals surface area contributed by atoms with Gasteiger partial charge >= 0.3 is 0 Å². The van der Waals surface area contributed by atoms with E-state index in [0.717, 1.165) is 26.3 Å². The van der Waals surface area contributed by atoms with Gasteiger partial charge in [-0.2, -0.15) is 0 Å². The van der Waals surface area contributed by atoms with Gasteiger partial charge < -0.3 is 9.84 Å². The second-order valence-corrected chi connectivity index (χ2v) is 6.01. The molecular formula is C17H15FO2S. The first-order valence-electron chi connectivity index (χ1n) is 6.66. The van der Waals surface area contributed by atoms with Crippen molar-refractivity contribution in [1.82, 2.24) is 0 Å². The summed E-state index contributed by atoms with van der Waals surface area (Å²) in [6, 6.07) is 14.2. The minimum absolute atomic E-state index is 0.249. The lowest BCUT2D eigenvalue weighted by atomic mass is 10.1. The van der Waals surface area contributed by atoms with E-state index in [2.05, 4.69) is 0 Å². The van der Waals surface area contributed by atoms with Crippen LogP contribution in [-0.2, 0) is 6.42 Å². The highest BCUT2D eigenvalue weighted by molar-refractivity contribution is 7.19. The smallest absolute Gasteiger partial charge is 0.124 e. The molecule has 1 N–H and O–H groups in total. The first-order valence-corrected chi connectivity index (χ1v) is 7.47. The second-order valence-electron chi connectivity index (χ2n) is 4.90. The lowest BCUT2D eigenvalue weighted by molar-refractivity contribution is 0.182. The van der Waals surface area contributed by atoms with Crippen molar-refractivity contribution in [3.05, 3.63) is 64.8 Å². The van der Waals surface area contributed by atoms with Crippen molar-refractivity contribution in [2.24, 2.45) is 0 Å². The number of methoxy groups -OCH3 is 1. The van der Waals surface area contributed by atoms with Crippen LogP contribution in [0.1, 0.15) is 16.5 Å². The Morgan fingerprint density at radius 3 is 2.62 bits per heavy atom. The number of rotatable bonds is 4. The molecule has 0 saturated carbocycles. The molecule has 1 aromatic heterocycles. The molecule has 1 unspecified atom stereocenters. The zero-order valence-corrected chi connectivity index (χ0v) is 12.4. The van der Waals surface area contributed by atoms with Gasteiger partial charge in [-0.25, -0.2) is 4.39 Å². The number of halogens is 1. The summed E-state index contributed by atoms with van der Waals surface area (Å²) in [5.74, 6) is 0.547. The molecule has 0 fully saturated rings. The summed E-state index contributed by atoms with van der Waals surface area (Å²) in [6.45, 7) is 0. The fourth-order valence-corrected chi connectivity index (χ4v) is 3.35. The van der Waals surface area contributed by atoms with E-state index < -0.39 is 6.10 Å². The average molecular weight is 302 g/mol. The van der Waals surface area contributed by atoms with E-state index in [9.17, 15) is 9.50 Å². The molecule has 0 spiro atoms. The van der Waals surface area contributed by atoms with Crippen molar-refractivity contribution in [2.75, 3.05) is 7.11 Å².